The molecule has 19 heavy (non-hydrogen) atoms. The van der Waals surface area contributed by atoms with Crippen LogP contribution in [0.1, 0.15) is 10.4 Å². The van der Waals surface area contributed by atoms with Crippen molar-refractivity contribution in [2.45, 2.75) is 0 Å². The van der Waals surface area contributed by atoms with Crippen LogP contribution in [0.3, 0.4) is 0 Å². The van der Waals surface area contributed by atoms with Crippen LogP contribution < -0.4 is 11.1 Å². The number of benzene rings is 1. The molecule has 0 amide bonds. The summed E-state index contributed by atoms with van der Waals surface area (Å²) in [6, 6.07) is 6.23. The molecule has 0 aliphatic carbocycles. The van der Waals surface area contributed by atoms with Crippen LogP contribution in [0.25, 0.3) is 0 Å². The zero-order valence-corrected chi connectivity index (χ0v) is 11.0. The summed E-state index contributed by atoms with van der Waals surface area (Å²) in [6.45, 7) is 0. The van der Waals surface area contributed by atoms with E-state index in [-0.39, 0.29) is 17.1 Å². The Morgan fingerprint density at radius 2 is 1.95 bits per heavy atom. The molecular formula is C12H9Cl2N3O2. The highest BCUT2D eigenvalue weighted by atomic mass is 35.5. The minimum atomic E-state index is -1.13. The second-order valence-corrected chi connectivity index (χ2v) is 4.50. The molecule has 4 N–H and O–H groups in total. The Balaban J connectivity index is 2.47. The van der Waals surface area contributed by atoms with Gasteiger partial charge in [-0.25, -0.2) is 9.78 Å². The summed E-state index contributed by atoms with van der Waals surface area (Å²) in [6.07, 6.45) is 1.32. The van der Waals surface area contributed by atoms with Crippen LogP contribution >= 0.6 is 23.2 Å². The molecule has 7 heteroatoms. The number of rotatable bonds is 3. The summed E-state index contributed by atoms with van der Waals surface area (Å²) in [4.78, 5) is 15.0. The van der Waals surface area contributed by atoms with E-state index in [2.05, 4.69) is 10.3 Å². The van der Waals surface area contributed by atoms with Gasteiger partial charge in [0, 0.05) is 0 Å². The van der Waals surface area contributed by atoms with Crippen molar-refractivity contribution >= 4 is 46.4 Å². The fourth-order valence-electron chi connectivity index (χ4n) is 1.50. The maximum absolute atomic E-state index is 11.1. The van der Waals surface area contributed by atoms with Crippen LogP contribution in [0.2, 0.25) is 10.0 Å². The molecule has 1 aromatic heterocycles. The number of carboxylic acid groups (broad SMARTS) is 1. The Kier molecular flexibility index (Phi) is 3.78. The fraction of sp³-hybridized carbons (Fsp3) is 0. The maximum Gasteiger partial charge on any atom is 0.338 e. The summed E-state index contributed by atoms with van der Waals surface area (Å²) < 4.78 is 0. The lowest BCUT2D eigenvalue weighted by molar-refractivity contribution is 0.0698. The first-order valence-electron chi connectivity index (χ1n) is 5.19. The maximum atomic E-state index is 11.1. The highest BCUT2D eigenvalue weighted by molar-refractivity contribution is 6.39. The molecule has 0 bridgehead atoms. The van der Waals surface area contributed by atoms with Gasteiger partial charge in [0.25, 0.3) is 0 Å². The standard InChI is InChI=1S/C12H9Cl2N3O2/c13-7-2-1-3-8(14)11(7)17-9-5-16-10(15)4-6(9)12(18)19/h1-5,17H,(H2,15,16)(H,18,19). The van der Waals surface area contributed by atoms with E-state index in [1.54, 1.807) is 18.2 Å². The normalized spacial score (nSPS) is 10.2. The second-order valence-electron chi connectivity index (χ2n) is 3.68. The van der Waals surface area contributed by atoms with E-state index in [0.29, 0.717) is 15.7 Å². The van der Waals surface area contributed by atoms with Crippen molar-refractivity contribution in [3.63, 3.8) is 0 Å². The third-order valence-electron chi connectivity index (χ3n) is 2.38. The first kappa shape index (κ1) is 13.5. The van der Waals surface area contributed by atoms with E-state index in [0.717, 1.165) is 0 Å². The number of carbonyl (C=O) groups is 1. The largest absolute Gasteiger partial charge is 0.478 e. The minimum absolute atomic E-state index is 0.0107. The third kappa shape index (κ3) is 2.89. The SMILES string of the molecule is Nc1cc(C(=O)O)c(Nc2c(Cl)cccc2Cl)cn1. The number of nitrogens with zero attached hydrogens (tertiary/aromatic N) is 1. The van der Waals surface area contributed by atoms with Gasteiger partial charge in [0.05, 0.1) is 33.2 Å². The number of carboxylic acids is 1. The van der Waals surface area contributed by atoms with Crippen LogP contribution in [0.5, 0.6) is 0 Å². The van der Waals surface area contributed by atoms with E-state index in [4.69, 9.17) is 34.0 Å². The van der Waals surface area contributed by atoms with Crippen LogP contribution in [0.4, 0.5) is 17.2 Å². The van der Waals surface area contributed by atoms with Gasteiger partial charge in [-0.3, -0.25) is 0 Å². The highest BCUT2D eigenvalue weighted by Crippen LogP contribution is 2.33. The lowest BCUT2D eigenvalue weighted by Crippen LogP contribution is -2.05. The molecular weight excluding hydrogens is 289 g/mol. The topological polar surface area (TPSA) is 88.2 Å². The van der Waals surface area contributed by atoms with Crippen LogP contribution in [-0.4, -0.2) is 16.1 Å². The Morgan fingerprint density at radius 1 is 1.32 bits per heavy atom. The minimum Gasteiger partial charge on any atom is -0.478 e. The zero-order chi connectivity index (χ0) is 14.0. The Labute approximate surface area is 119 Å². The first-order valence-corrected chi connectivity index (χ1v) is 5.94. The molecule has 0 aliphatic heterocycles. The van der Waals surface area contributed by atoms with Crippen molar-refractivity contribution in [3.8, 4) is 0 Å². The van der Waals surface area contributed by atoms with Crippen molar-refractivity contribution in [3.05, 3.63) is 46.1 Å². The van der Waals surface area contributed by atoms with Crippen LogP contribution in [-0.2, 0) is 0 Å². The van der Waals surface area contributed by atoms with Gasteiger partial charge < -0.3 is 16.2 Å². The number of aromatic nitrogens is 1. The number of pyridine rings is 1. The van der Waals surface area contributed by atoms with Gasteiger partial charge in [0.1, 0.15) is 5.82 Å². The number of aromatic carboxylic acids is 1. The first-order chi connectivity index (χ1) is 8.99. The van der Waals surface area contributed by atoms with Crippen molar-refractivity contribution < 1.29 is 9.90 Å². The number of nitrogen functional groups attached to an aromatic ring is 1. The van der Waals surface area contributed by atoms with E-state index in [1.807, 2.05) is 0 Å². The van der Waals surface area contributed by atoms with Gasteiger partial charge in [0.2, 0.25) is 0 Å². The lowest BCUT2D eigenvalue weighted by Gasteiger charge is -2.12. The van der Waals surface area contributed by atoms with Gasteiger partial charge in [-0.1, -0.05) is 29.3 Å². The molecule has 0 unspecified atom stereocenters. The third-order valence-corrected chi connectivity index (χ3v) is 3.01. The Morgan fingerprint density at radius 3 is 2.53 bits per heavy atom. The molecule has 2 rings (SSSR count). The molecule has 0 radical (unpaired) electrons. The number of nitrogens with one attached hydrogen (secondary N) is 1. The van der Waals surface area contributed by atoms with Gasteiger partial charge in [-0.05, 0) is 18.2 Å². The van der Waals surface area contributed by atoms with Crippen molar-refractivity contribution in [1.29, 1.82) is 0 Å². The molecule has 0 spiro atoms. The number of hydrogen-bond acceptors (Lipinski definition) is 4. The van der Waals surface area contributed by atoms with E-state index in [9.17, 15) is 4.79 Å². The van der Waals surface area contributed by atoms with Crippen molar-refractivity contribution in [2.24, 2.45) is 0 Å². The van der Waals surface area contributed by atoms with E-state index in [1.165, 1.54) is 12.3 Å². The van der Waals surface area contributed by atoms with Gasteiger partial charge in [-0.2, -0.15) is 0 Å². The van der Waals surface area contributed by atoms with Gasteiger partial charge in [0.15, 0.2) is 0 Å². The average molecular weight is 298 g/mol. The molecule has 1 aromatic carbocycles. The zero-order valence-electron chi connectivity index (χ0n) is 9.52. The number of hydrogen-bond donors (Lipinski definition) is 3. The van der Waals surface area contributed by atoms with E-state index >= 15 is 0 Å². The van der Waals surface area contributed by atoms with Crippen LogP contribution in [0, 0.1) is 0 Å². The quantitative estimate of drug-likeness (QED) is 0.808. The molecule has 0 atom stereocenters. The molecule has 0 aliphatic rings. The Hall–Kier alpha value is -1.98. The predicted molar refractivity (Wildman–Crippen MR) is 75.4 cm³/mol. The smallest absolute Gasteiger partial charge is 0.338 e. The summed E-state index contributed by atoms with van der Waals surface area (Å²) in [5.74, 6) is -1.01. The molecule has 0 saturated carbocycles. The van der Waals surface area contributed by atoms with E-state index < -0.39 is 5.97 Å². The fourth-order valence-corrected chi connectivity index (χ4v) is 1.99. The monoisotopic (exact) mass is 297 g/mol. The predicted octanol–water partition coefficient (Wildman–Crippen LogP) is 3.41. The molecule has 0 saturated heterocycles. The molecule has 98 valence electrons. The van der Waals surface area contributed by atoms with Crippen molar-refractivity contribution in [1.82, 2.24) is 4.98 Å². The second kappa shape index (κ2) is 5.34. The van der Waals surface area contributed by atoms with Gasteiger partial charge in [-0.15, -0.1) is 0 Å². The number of para-hydroxylation sites is 1. The molecule has 5 nitrogen and oxygen atoms in total. The number of nitrogens with two attached hydrogens (primary N) is 1. The molecule has 2 aromatic rings. The number of halogens is 2. The van der Waals surface area contributed by atoms with Gasteiger partial charge >= 0.3 is 5.97 Å². The highest BCUT2D eigenvalue weighted by Gasteiger charge is 2.14. The summed E-state index contributed by atoms with van der Waals surface area (Å²) in [5.41, 5.74) is 6.13. The molecule has 1 heterocycles. The Bertz CT molecular complexity index is 627. The lowest BCUT2D eigenvalue weighted by atomic mass is 10.2. The molecule has 0 fully saturated rings. The summed E-state index contributed by atoms with van der Waals surface area (Å²) >= 11 is 12.0. The average Bonchev–Trinajstić information content (AvgIpc) is 2.35. The summed E-state index contributed by atoms with van der Waals surface area (Å²) in [7, 11) is 0. The van der Waals surface area contributed by atoms with Crippen molar-refractivity contribution in [2.75, 3.05) is 11.1 Å². The number of anilines is 3. The summed E-state index contributed by atoms with van der Waals surface area (Å²) in [5, 5.41) is 12.7. The van der Waals surface area contributed by atoms with Crippen LogP contribution in [0.15, 0.2) is 30.5 Å².